The topological polar surface area (TPSA) is 38.7 Å². The van der Waals surface area contributed by atoms with Crippen molar-refractivity contribution in [3.63, 3.8) is 0 Å². The first-order valence-corrected chi connectivity index (χ1v) is 3.86. The highest BCUT2D eigenvalue weighted by molar-refractivity contribution is 6.21. The van der Waals surface area contributed by atoms with Gasteiger partial charge >= 0.3 is 0 Å². The molecule has 1 heterocycles. The van der Waals surface area contributed by atoms with Gasteiger partial charge in [-0.2, -0.15) is 0 Å². The van der Waals surface area contributed by atoms with Crippen LogP contribution in [0.25, 0.3) is 0 Å². The van der Waals surface area contributed by atoms with Crippen molar-refractivity contribution in [3.8, 4) is 0 Å². The van der Waals surface area contributed by atoms with Gasteiger partial charge in [-0.25, -0.2) is 0 Å². The molecule has 0 saturated carbocycles. The molecule has 12 heavy (non-hydrogen) atoms. The van der Waals surface area contributed by atoms with Gasteiger partial charge in [0.2, 0.25) is 5.78 Å². The monoisotopic (exact) mass is 163 g/mol. The number of carbonyl (C=O) groups is 1. The zero-order valence-corrected chi connectivity index (χ0v) is 6.83. The molecule has 2 aliphatic rings. The third kappa shape index (κ3) is 0.978. The molecule has 0 saturated heterocycles. The van der Waals surface area contributed by atoms with Crippen LogP contribution in [0.1, 0.15) is 6.42 Å². The van der Waals surface area contributed by atoms with Crippen LogP contribution in [-0.4, -0.2) is 25.1 Å². The van der Waals surface area contributed by atoms with E-state index in [1.54, 1.807) is 12.2 Å². The summed E-state index contributed by atoms with van der Waals surface area (Å²) in [6, 6.07) is 0. The third-order valence-electron chi connectivity index (χ3n) is 2.03. The number of nitrogens with zero attached hydrogens (tertiary/aromatic N) is 1. The molecule has 62 valence electrons. The number of allylic oxidation sites excluding steroid dienone is 2. The summed E-state index contributed by atoms with van der Waals surface area (Å²) in [7, 11) is 1.50. The molecular formula is C9H9NO2. The second-order valence-corrected chi connectivity index (χ2v) is 2.76. The van der Waals surface area contributed by atoms with Gasteiger partial charge in [0, 0.05) is 12.6 Å². The molecule has 2 rings (SSSR count). The van der Waals surface area contributed by atoms with Gasteiger partial charge in [0.05, 0.1) is 12.8 Å². The Morgan fingerprint density at radius 2 is 2.33 bits per heavy atom. The summed E-state index contributed by atoms with van der Waals surface area (Å²) in [4.78, 5) is 15.5. The Balaban J connectivity index is 2.39. The lowest BCUT2D eigenvalue weighted by Gasteiger charge is -2.08. The number of rotatable bonds is 1. The standard InChI is InChI=1S/C9H9NO2/c1-12-9-5-7-6(2-3-10-7)4-8(9)11/h4-5H,2-3H2,1H3. The summed E-state index contributed by atoms with van der Waals surface area (Å²) in [6.45, 7) is 0.794. The number of aliphatic imine (C=N–C) groups is 1. The second-order valence-electron chi connectivity index (χ2n) is 2.76. The van der Waals surface area contributed by atoms with Crippen molar-refractivity contribution < 1.29 is 9.53 Å². The zero-order valence-electron chi connectivity index (χ0n) is 6.83. The highest BCUT2D eigenvalue weighted by atomic mass is 16.5. The maximum Gasteiger partial charge on any atom is 0.220 e. The average Bonchev–Trinajstić information content (AvgIpc) is 2.49. The quantitative estimate of drug-likeness (QED) is 0.538. The Morgan fingerprint density at radius 1 is 1.50 bits per heavy atom. The van der Waals surface area contributed by atoms with Crippen LogP contribution in [0.15, 0.2) is 28.5 Å². The van der Waals surface area contributed by atoms with Crippen molar-refractivity contribution >= 4 is 11.5 Å². The molecule has 0 spiro atoms. The van der Waals surface area contributed by atoms with Crippen LogP contribution in [0.2, 0.25) is 0 Å². The van der Waals surface area contributed by atoms with Gasteiger partial charge in [0.1, 0.15) is 0 Å². The summed E-state index contributed by atoms with van der Waals surface area (Å²) in [6.07, 6.45) is 4.21. The van der Waals surface area contributed by atoms with E-state index in [-0.39, 0.29) is 5.78 Å². The minimum absolute atomic E-state index is 0.0478. The third-order valence-corrected chi connectivity index (χ3v) is 2.03. The summed E-state index contributed by atoms with van der Waals surface area (Å²) >= 11 is 0. The van der Waals surface area contributed by atoms with E-state index in [1.807, 2.05) is 0 Å². The van der Waals surface area contributed by atoms with Crippen molar-refractivity contribution in [1.82, 2.24) is 0 Å². The fraction of sp³-hybridized carbons (Fsp3) is 0.333. The van der Waals surface area contributed by atoms with E-state index in [0.717, 1.165) is 24.3 Å². The Bertz CT molecular complexity index is 323. The minimum Gasteiger partial charge on any atom is -0.493 e. The van der Waals surface area contributed by atoms with Gasteiger partial charge in [-0.15, -0.1) is 0 Å². The van der Waals surface area contributed by atoms with E-state index in [2.05, 4.69) is 4.99 Å². The molecule has 0 N–H and O–H groups in total. The first kappa shape index (κ1) is 7.28. The molecule has 0 aromatic carbocycles. The van der Waals surface area contributed by atoms with Gasteiger partial charge < -0.3 is 4.74 Å². The van der Waals surface area contributed by atoms with Crippen LogP contribution in [0, 0.1) is 0 Å². The highest BCUT2D eigenvalue weighted by Gasteiger charge is 2.21. The Kier molecular flexibility index (Phi) is 1.57. The lowest BCUT2D eigenvalue weighted by atomic mass is 10.0. The maximum atomic E-state index is 11.2. The summed E-state index contributed by atoms with van der Waals surface area (Å²) < 4.78 is 4.90. The van der Waals surface area contributed by atoms with Crippen LogP contribution in [0.3, 0.4) is 0 Å². The van der Waals surface area contributed by atoms with Crippen molar-refractivity contribution in [2.45, 2.75) is 6.42 Å². The van der Waals surface area contributed by atoms with Crippen LogP contribution < -0.4 is 0 Å². The minimum atomic E-state index is -0.0478. The van der Waals surface area contributed by atoms with E-state index in [0.29, 0.717) is 5.76 Å². The van der Waals surface area contributed by atoms with Crippen molar-refractivity contribution in [2.24, 2.45) is 4.99 Å². The molecule has 1 aliphatic carbocycles. The van der Waals surface area contributed by atoms with E-state index in [1.165, 1.54) is 7.11 Å². The van der Waals surface area contributed by atoms with Gasteiger partial charge in [-0.05, 0) is 18.1 Å². The normalized spacial score (nSPS) is 21.1. The van der Waals surface area contributed by atoms with Gasteiger partial charge in [0.15, 0.2) is 5.76 Å². The molecule has 3 heteroatoms. The van der Waals surface area contributed by atoms with Crippen LogP contribution in [0.5, 0.6) is 0 Å². The Morgan fingerprint density at radius 3 is 3.08 bits per heavy atom. The lowest BCUT2D eigenvalue weighted by Crippen LogP contribution is -2.11. The number of ether oxygens (including phenoxy) is 1. The summed E-state index contributed by atoms with van der Waals surface area (Å²) in [5, 5.41) is 0. The molecular weight excluding hydrogens is 154 g/mol. The molecule has 1 aliphatic heterocycles. The fourth-order valence-corrected chi connectivity index (χ4v) is 1.40. The van der Waals surface area contributed by atoms with Crippen molar-refractivity contribution in [3.05, 3.63) is 23.5 Å². The van der Waals surface area contributed by atoms with E-state index >= 15 is 0 Å². The van der Waals surface area contributed by atoms with Gasteiger partial charge in [-0.1, -0.05) is 0 Å². The molecule has 0 atom stereocenters. The first-order valence-electron chi connectivity index (χ1n) is 3.86. The fourth-order valence-electron chi connectivity index (χ4n) is 1.40. The van der Waals surface area contributed by atoms with E-state index in [4.69, 9.17) is 4.74 Å². The first-order chi connectivity index (χ1) is 5.81. The largest absolute Gasteiger partial charge is 0.493 e. The second kappa shape index (κ2) is 2.59. The molecule has 0 amide bonds. The van der Waals surface area contributed by atoms with Crippen molar-refractivity contribution in [1.29, 1.82) is 0 Å². The van der Waals surface area contributed by atoms with Crippen LogP contribution in [-0.2, 0) is 9.53 Å². The average molecular weight is 163 g/mol. The van der Waals surface area contributed by atoms with Crippen molar-refractivity contribution in [2.75, 3.05) is 13.7 Å². The number of fused-ring (bicyclic) bond motifs is 1. The van der Waals surface area contributed by atoms with E-state index < -0.39 is 0 Å². The molecule has 0 aromatic rings. The number of methoxy groups -OCH3 is 1. The van der Waals surface area contributed by atoms with E-state index in [9.17, 15) is 4.79 Å². The SMILES string of the molecule is COC1=CC2=NCCC2=CC1=O. The van der Waals surface area contributed by atoms with Gasteiger partial charge in [0.25, 0.3) is 0 Å². The summed E-state index contributed by atoms with van der Waals surface area (Å²) in [5.41, 5.74) is 1.95. The Labute approximate surface area is 70.4 Å². The molecule has 0 unspecified atom stereocenters. The lowest BCUT2D eigenvalue weighted by molar-refractivity contribution is -0.114. The predicted molar refractivity (Wildman–Crippen MR) is 45.1 cm³/mol. The number of hydrogen-bond donors (Lipinski definition) is 0. The van der Waals surface area contributed by atoms with Crippen LogP contribution >= 0.6 is 0 Å². The maximum absolute atomic E-state index is 11.2. The van der Waals surface area contributed by atoms with Gasteiger partial charge in [-0.3, -0.25) is 9.79 Å². The number of hydrogen-bond acceptors (Lipinski definition) is 3. The number of carbonyl (C=O) groups excluding carboxylic acids is 1. The predicted octanol–water partition coefficient (Wildman–Crippen LogP) is 0.871. The number of ketones is 1. The smallest absolute Gasteiger partial charge is 0.220 e. The molecule has 0 fully saturated rings. The Hall–Kier alpha value is -1.38. The van der Waals surface area contributed by atoms with Crippen LogP contribution in [0.4, 0.5) is 0 Å². The molecule has 0 bridgehead atoms. The molecule has 0 radical (unpaired) electrons. The molecule has 3 nitrogen and oxygen atoms in total. The summed E-state index contributed by atoms with van der Waals surface area (Å²) in [5.74, 6) is 0.341. The highest BCUT2D eigenvalue weighted by Crippen LogP contribution is 2.20. The molecule has 0 aromatic heterocycles. The zero-order chi connectivity index (χ0) is 8.55.